The average Bonchev–Trinajstić information content (AvgIpc) is 2.35. The molecule has 0 unspecified atom stereocenters. The second-order valence-electron chi connectivity index (χ2n) is 3.97. The Morgan fingerprint density at radius 3 is 2.82 bits per heavy atom. The summed E-state index contributed by atoms with van der Waals surface area (Å²) in [6.07, 6.45) is 5.14. The molecule has 0 spiro atoms. The number of hydrogen-bond acceptors (Lipinski definition) is 5. The summed E-state index contributed by atoms with van der Waals surface area (Å²) in [5.74, 6) is 0.815. The zero-order valence-electron chi connectivity index (χ0n) is 10.5. The first kappa shape index (κ1) is 13.4. The summed E-state index contributed by atoms with van der Waals surface area (Å²) in [5.41, 5.74) is 0.924. The van der Waals surface area contributed by atoms with Gasteiger partial charge in [0, 0.05) is 26.1 Å². The van der Waals surface area contributed by atoms with Gasteiger partial charge in [0.1, 0.15) is 5.82 Å². The van der Waals surface area contributed by atoms with Crippen LogP contribution >= 0.6 is 0 Å². The first-order chi connectivity index (χ1) is 8.26. The third-order valence-corrected chi connectivity index (χ3v) is 2.30. The van der Waals surface area contributed by atoms with Crippen molar-refractivity contribution < 1.29 is 0 Å². The second kappa shape index (κ2) is 7.58. The van der Waals surface area contributed by atoms with Crippen molar-refractivity contribution in [3.05, 3.63) is 18.1 Å². The van der Waals surface area contributed by atoms with Gasteiger partial charge in [0.05, 0.1) is 24.2 Å². The lowest BCUT2D eigenvalue weighted by Crippen LogP contribution is -2.19. The first-order valence-electron chi connectivity index (χ1n) is 5.86. The largest absolute Gasteiger partial charge is 0.369 e. The molecule has 0 aliphatic heterocycles. The van der Waals surface area contributed by atoms with Gasteiger partial charge in [-0.25, -0.2) is 4.98 Å². The lowest BCUT2D eigenvalue weighted by atomic mass is 10.3. The molecule has 5 heteroatoms. The summed E-state index contributed by atoms with van der Waals surface area (Å²) in [5, 5.41) is 11.7. The third kappa shape index (κ3) is 5.27. The van der Waals surface area contributed by atoms with Crippen LogP contribution < -0.4 is 5.32 Å². The Labute approximate surface area is 102 Å². The van der Waals surface area contributed by atoms with E-state index >= 15 is 0 Å². The minimum Gasteiger partial charge on any atom is -0.369 e. The van der Waals surface area contributed by atoms with Gasteiger partial charge in [-0.2, -0.15) is 5.26 Å². The van der Waals surface area contributed by atoms with Crippen LogP contribution in [0.25, 0.3) is 0 Å². The Bertz CT molecular complexity index is 354. The number of aromatic nitrogens is 2. The Morgan fingerprint density at radius 1 is 1.41 bits per heavy atom. The molecule has 0 aromatic carbocycles. The normalized spacial score (nSPS) is 10.2. The van der Waals surface area contributed by atoms with Gasteiger partial charge in [0.15, 0.2) is 0 Å². The van der Waals surface area contributed by atoms with E-state index in [1.807, 2.05) is 7.05 Å². The Kier molecular flexibility index (Phi) is 5.97. The van der Waals surface area contributed by atoms with Crippen LogP contribution in [0.1, 0.15) is 25.5 Å². The number of rotatable bonds is 7. The Balaban J connectivity index is 2.42. The SMILES string of the molecule is CCCNc1cnc(CN(C)CCC#N)cn1. The van der Waals surface area contributed by atoms with Gasteiger partial charge < -0.3 is 5.32 Å². The molecule has 17 heavy (non-hydrogen) atoms. The number of hydrogen-bond donors (Lipinski definition) is 1. The van der Waals surface area contributed by atoms with Crippen LogP contribution in [0.3, 0.4) is 0 Å². The van der Waals surface area contributed by atoms with Gasteiger partial charge in [-0.1, -0.05) is 6.92 Å². The van der Waals surface area contributed by atoms with Gasteiger partial charge in [-0.3, -0.25) is 9.88 Å². The molecule has 1 rings (SSSR count). The van der Waals surface area contributed by atoms with Crippen LogP contribution in [0, 0.1) is 11.3 Å². The van der Waals surface area contributed by atoms with E-state index in [9.17, 15) is 0 Å². The average molecular weight is 233 g/mol. The molecule has 1 aromatic rings. The van der Waals surface area contributed by atoms with Gasteiger partial charge >= 0.3 is 0 Å². The van der Waals surface area contributed by atoms with Gasteiger partial charge in [-0.05, 0) is 13.5 Å². The van der Waals surface area contributed by atoms with Crippen LogP contribution in [-0.4, -0.2) is 35.0 Å². The van der Waals surface area contributed by atoms with E-state index in [0.29, 0.717) is 6.42 Å². The predicted octanol–water partition coefficient (Wildman–Crippen LogP) is 1.64. The maximum Gasteiger partial charge on any atom is 0.144 e. The topological polar surface area (TPSA) is 64.8 Å². The molecule has 0 atom stereocenters. The molecular weight excluding hydrogens is 214 g/mol. The smallest absolute Gasteiger partial charge is 0.144 e. The summed E-state index contributed by atoms with van der Waals surface area (Å²) < 4.78 is 0. The molecule has 0 radical (unpaired) electrons. The van der Waals surface area contributed by atoms with Gasteiger partial charge in [0.25, 0.3) is 0 Å². The highest BCUT2D eigenvalue weighted by Crippen LogP contribution is 2.03. The van der Waals surface area contributed by atoms with Crippen molar-refractivity contribution in [3.63, 3.8) is 0 Å². The fraction of sp³-hybridized carbons (Fsp3) is 0.583. The summed E-state index contributed by atoms with van der Waals surface area (Å²) in [6.45, 7) is 4.51. The lowest BCUT2D eigenvalue weighted by Gasteiger charge is -2.13. The summed E-state index contributed by atoms with van der Waals surface area (Å²) in [6, 6.07) is 2.13. The summed E-state index contributed by atoms with van der Waals surface area (Å²) >= 11 is 0. The van der Waals surface area contributed by atoms with Gasteiger partial charge in [-0.15, -0.1) is 0 Å². The zero-order valence-corrected chi connectivity index (χ0v) is 10.5. The lowest BCUT2D eigenvalue weighted by molar-refractivity contribution is 0.330. The van der Waals surface area contributed by atoms with E-state index in [4.69, 9.17) is 5.26 Å². The minimum absolute atomic E-state index is 0.542. The second-order valence-corrected chi connectivity index (χ2v) is 3.97. The summed E-state index contributed by atoms with van der Waals surface area (Å²) in [4.78, 5) is 10.7. The van der Waals surface area contributed by atoms with Crippen molar-refractivity contribution in [2.75, 3.05) is 25.5 Å². The van der Waals surface area contributed by atoms with Crippen molar-refractivity contribution in [2.24, 2.45) is 0 Å². The molecule has 0 amide bonds. The number of nitrogens with zero attached hydrogens (tertiary/aromatic N) is 4. The highest BCUT2D eigenvalue weighted by Gasteiger charge is 2.02. The maximum atomic E-state index is 8.49. The van der Waals surface area contributed by atoms with E-state index in [1.165, 1.54) is 0 Å². The molecule has 5 nitrogen and oxygen atoms in total. The minimum atomic E-state index is 0.542. The van der Waals surface area contributed by atoms with Crippen LogP contribution in [0.15, 0.2) is 12.4 Å². The molecule has 0 saturated heterocycles. The molecule has 0 aliphatic carbocycles. The standard InChI is InChI=1S/C12H19N5/c1-3-6-14-12-9-15-11(8-16-12)10-17(2)7-4-5-13/h8-9H,3-4,6-7,10H2,1-2H3,(H,14,16). The monoisotopic (exact) mass is 233 g/mol. The Morgan fingerprint density at radius 2 is 2.24 bits per heavy atom. The van der Waals surface area contributed by atoms with E-state index in [1.54, 1.807) is 12.4 Å². The van der Waals surface area contributed by atoms with Gasteiger partial charge in [0.2, 0.25) is 0 Å². The third-order valence-electron chi connectivity index (χ3n) is 2.30. The number of nitrogens with one attached hydrogen (secondary N) is 1. The zero-order chi connectivity index (χ0) is 12.5. The fourth-order valence-corrected chi connectivity index (χ4v) is 1.38. The number of anilines is 1. The molecule has 1 heterocycles. The van der Waals surface area contributed by atoms with Crippen molar-refractivity contribution in [1.82, 2.24) is 14.9 Å². The van der Waals surface area contributed by atoms with E-state index in [0.717, 1.165) is 37.6 Å². The molecule has 1 N–H and O–H groups in total. The van der Waals surface area contributed by atoms with E-state index in [-0.39, 0.29) is 0 Å². The molecule has 0 aliphatic rings. The highest BCUT2D eigenvalue weighted by molar-refractivity contribution is 5.30. The van der Waals surface area contributed by atoms with Crippen molar-refractivity contribution in [1.29, 1.82) is 5.26 Å². The molecular formula is C12H19N5. The highest BCUT2D eigenvalue weighted by atomic mass is 15.1. The fourth-order valence-electron chi connectivity index (χ4n) is 1.38. The summed E-state index contributed by atoms with van der Waals surface area (Å²) in [7, 11) is 1.97. The Hall–Kier alpha value is -1.67. The first-order valence-corrected chi connectivity index (χ1v) is 5.86. The molecule has 1 aromatic heterocycles. The van der Waals surface area contributed by atoms with Crippen LogP contribution in [0.4, 0.5) is 5.82 Å². The van der Waals surface area contributed by atoms with Crippen molar-refractivity contribution in [2.45, 2.75) is 26.3 Å². The maximum absolute atomic E-state index is 8.49. The van der Waals surface area contributed by atoms with E-state index < -0.39 is 0 Å². The number of nitriles is 1. The van der Waals surface area contributed by atoms with Crippen LogP contribution in [-0.2, 0) is 6.54 Å². The molecule has 0 bridgehead atoms. The quantitative estimate of drug-likeness (QED) is 0.775. The molecule has 92 valence electrons. The van der Waals surface area contributed by atoms with Crippen molar-refractivity contribution >= 4 is 5.82 Å². The molecule has 0 saturated carbocycles. The molecule has 0 fully saturated rings. The predicted molar refractivity (Wildman–Crippen MR) is 67.4 cm³/mol. The van der Waals surface area contributed by atoms with Crippen LogP contribution in [0.2, 0.25) is 0 Å². The van der Waals surface area contributed by atoms with E-state index in [2.05, 4.69) is 33.2 Å². The van der Waals surface area contributed by atoms with Crippen LogP contribution in [0.5, 0.6) is 0 Å². The van der Waals surface area contributed by atoms with Crippen molar-refractivity contribution in [3.8, 4) is 6.07 Å².